The lowest BCUT2D eigenvalue weighted by Crippen LogP contribution is -2.36. The monoisotopic (exact) mass is 312 g/mol. The first-order valence-corrected chi connectivity index (χ1v) is 7.27. The molecule has 21 heavy (non-hydrogen) atoms. The molecule has 6 heteroatoms. The highest BCUT2D eigenvalue weighted by molar-refractivity contribution is 6.41. The van der Waals surface area contributed by atoms with E-state index in [1.54, 1.807) is 6.07 Å². The Morgan fingerprint density at radius 3 is 2.57 bits per heavy atom. The Kier molecular flexibility index (Phi) is 7.19. The van der Waals surface area contributed by atoms with Gasteiger partial charge in [0.05, 0.1) is 10.7 Å². The van der Waals surface area contributed by atoms with Crippen molar-refractivity contribution in [2.24, 2.45) is 0 Å². The van der Waals surface area contributed by atoms with Crippen LogP contribution >= 0.6 is 11.6 Å². The maximum Gasteiger partial charge on any atom is 0.313 e. The number of ether oxygens (including phenoxy) is 1. The van der Waals surface area contributed by atoms with E-state index in [9.17, 15) is 9.59 Å². The number of carbonyl (C=O) groups is 2. The van der Waals surface area contributed by atoms with Crippen molar-refractivity contribution in [1.82, 2.24) is 5.32 Å². The maximum absolute atomic E-state index is 11.8. The molecule has 0 aliphatic heterocycles. The van der Waals surface area contributed by atoms with Gasteiger partial charge in [-0.3, -0.25) is 9.59 Å². The lowest BCUT2D eigenvalue weighted by atomic mass is 10.1. The van der Waals surface area contributed by atoms with Gasteiger partial charge < -0.3 is 15.4 Å². The van der Waals surface area contributed by atoms with Crippen LogP contribution in [0.2, 0.25) is 5.02 Å². The van der Waals surface area contributed by atoms with Gasteiger partial charge in [0.25, 0.3) is 0 Å². The Hall–Kier alpha value is -1.59. The molecule has 0 unspecified atom stereocenters. The quantitative estimate of drug-likeness (QED) is 0.626. The molecule has 2 N–H and O–H groups in total. The van der Waals surface area contributed by atoms with Crippen LogP contribution in [-0.4, -0.2) is 31.6 Å². The first kappa shape index (κ1) is 17.5. The number of carbonyl (C=O) groups excluding carboxylic acids is 2. The number of aryl methyl sites for hydroxylation is 2. The van der Waals surface area contributed by atoms with Crippen molar-refractivity contribution in [3.05, 3.63) is 28.3 Å². The van der Waals surface area contributed by atoms with Gasteiger partial charge in [0.15, 0.2) is 0 Å². The summed E-state index contributed by atoms with van der Waals surface area (Å²) in [7, 11) is 0. The zero-order valence-corrected chi connectivity index (χ0v) is 13.3. The van der Waals surface area contributed by atoms with Crippen molar-refractivity contribution in [2.75, 3.05) is 25.1 Å². The summed E-state index contributed by atoms with van der Waals surface area (Å²) in [6, 6.07) is 3.63. The molecule has 5 nitrogen and oxygen atoms in total. The van der Waals surface area contributed by atoms with Gasteiger partial charge in [-0.15, -0.1) is 0 Å². The van der Waals surface area contributed by atoms with E-state index in [-0.39, 0.29) is 0 Å². The molecule has 0 atom stereocenters. The van der Waals surface area contributed by atoms with Crippen LogP contribution in [0.4, 0.5) is 5.69 Å². The van der Waals surface area contributed by atoms with Gasteiger partial charge >= 0.3 is 11.8 Å². The second-order valence-corrected chi connectivity index (χ2v) is 5.11. The predicted octanol–water partition coefficient (Wildman–Crippen LogP) is 2.44. The number of anilines is 1. The number of rotatable bonds is 6. The molecule has 0 fully saturated rings. The molecule has 0 radical (unpaired) electrons. The van der Waals surface area contributed by atoms with Crippen LogP contribution in [-0.2, 0) is 14.3 Å². The number of hydrogen-bond donors (Lipinski definition) is 2. The van der Waals surface area contributed by atoms with Crippen LogP contribution in [0.5, 0.6) is 0 Å². The normalized spacial score (nSPS) is 10.3. The number of nitrogens with one attached hydrogen (secondary N) is 2. The van der Waals surface area contributed by atoms with Crippen LogP contribution in [0.1, 0.15) is 24.5 Å². The first-order valence-electron chi connectivity index (χ1n) is 6.89. The van der Waals surface area contributed by atoms with E-state index in [4.69, 9.17) is 16.3 Å². The van der Waals surface area contributed by atoms with Crippen molar-refractivity contribution in [3.63, 3.8) is 0 Å². The van der Waals surface area contributed by atoms with Crippen LogP contribution in [0, 0.1) is 13.8 Å². The molecule has 1 rings (SSSR count). The van der Waals surface area contributed by atoms with E-state index in [0.29, 0.717) is 36.9 Å². The lowest BCUT2D eigenvalue weighted by molar-refractivity contribution is -0.136. The topological polar surface area (TPSA) is 67.4 Å². The van der Waals surface area contributed by atoms with Crippen molar-refractivity contribution in [3.8, 4) is 0 Å². The minimum Gasteiger partial charge on any atom is -0.382 e. The fourth-order valence-corrected chi connectivity index (χ4v) is 2.21. The third-order valence-electron chi connectivity index (χ3n) is 2.83. The first-order chi connectivity index (χ1) is 9.95. The van der Waals surface area contributed by atoms with Crippen LogP contribution in [0.15, 0.2) is 12.1 Å². The molecule has 116 valence electrons. The van der Waals surface area contributed by atoms with E-state index < -0.39 is 11.8 Å². The summed E-state index contributed by atoms with van der Waals surface area (Å²) in [6.07, 6.45) is 0.664. The van der Waals surface area contributed by atoms with Gasteiger partial charge in [-0.1, -0.05) is 17.7 Å². The standard InChI is InChI=1S/C15H21ClN2O3/c1-4-21-7-5-6-17-14(19)15(20)18-13-11(3)8-10(2)9-12(13)16/h8-9H,4-7H2,1-3H3,(H,17,19)(H,18,20). The molecule has 2 amide bonds. The third kappa shape index (κ3) is 5.73. The van der Waals surface area contributed by atoms with E-state index >= 15 is 0 Å². The molecular weight excluding hydrogens is 292 g/mol. The number of halogens is 1. The fourth-order valence-electron chi connectivity index (χ4n) is 1.85. The molecule has 1 aromatic rings. The molecule has 0 aliphatic rings. The van der Waals surface area contributed by atoms with E-state index in [0.717, 1.165) is 11.1 Å². The zero-order valence-electron chi connectivity index (χ0n) is 12.6. The molecule has 0 aliphatic carbocycles. The predicted molar refractivity (Wildman–Crippen MR) is 83.7 cm³/mol. The Bertz CT molecular complexity index is 495. The van der Waals surface area contributed by atoms with Crippen molar-refractivity contribution >= 4 is 29.1 Å². The largest absolute Gasteiger partial charge is 0.382 e. The summed E-state index contributed by atoms with van der Waals surface area (Å²) >= 11 is 6.08. The highest BCUT2D eigenvalue weighted by Crippen LogP contribution is 2.27. The molecule has 1 aromatic carbocycles. The maximum atomic E-state index is 11.8. The lowest BCUT2D eigenvalue weighted by Gasteiger charge is -2.11. The molecule has 0 spiro atoms. The number of benzene rings is 1. The summed E-state index contributed by atoms with van der Waals surface area (Å²) in [6.45, 7) is 7.23. The summed E-state index contributed by atoms with van der Waals surface area (Å²) < 4.78 is 5.14. The van der Waals surface area contributed by atoms with Gasteiger partial charge in [0, 0.05) is 19.8 Å². The number of hydrogen-bond acceptors (Lipinski definition) is 3. The fraction of sp³-hybridized carbons (Fsp3) is 0.467. The second kappa shape index (κ2) is 8.64. The summed E-state index contributed by atoms with van der Waals surface area (Å²) in [5, 5.41) is 5.50. The Morgan fingerprint density at radius 1 is 1.24 bits per heavy atom. The molecule has 0 saturated heterocycles. The van der Waals surface area contributed by atoms with Gasteiger partial charge in [-0.2, -0.15) is 0 Å². The van der Waals surface area contributed by atoms with Crippen LogP contribution in [0.25, 0.3) is 0 Å². The van der Waals surface area contributed by atoms with Crippen molar-refractivity contribution < 1.29 is 14.3 Å². The molecule has 0 heterocycles. The van der Waals surface area contributed by atoms with Crippen molar-refractivity contribution in [1.29, 1.82) is 0 Å². The summed E-state index contributed by atoms with van der Waals surface area (Å²) in [5.74, 6) is -1.40. The van der Waals surface area contributed by atoms with Gasteiger partial charge in [0.2, 0.25) is 0 Å². The summed E-state index contributed by atoms with van der Waals surface area (Å²) in [4.78, 5) is 23.5. The average molecular weight is 313 g/mol. The molecule has 0 aromatic heterocycles. The Balaban J connectivity index is 2.51. The molecular formula is C15H21ClN2O3. The van der Waals surface area contributed by atoms with E-state index in [1.165, 1.54) is 0 Å². The Labute approximate surface area is 130 Å². The molecule has 0 saturated carbocycles. The smallest absolute Gasteiger partial charge is 0.313 e. The third-order valence-corrected chi connectivity index (χ3v) is 3.13. The highest BCUT2D eigenvalue weighted by Gasteiger charge is 2.16. The molecule has 0 bridgehead atoms. The minimum atomic E-state index is -0.722. The Morgan fingerprint density at radius 2 is 1.95 bits per heavy atom. The van der Waals surface area contributed by atoms with Gasteiger partial charge in [-0.05, 0) is 44.4 Å². The van der Waals surface area contributed by atoms with Gasteiger partial charge in [0.1, 0.15) is 0 Å². The summed E-state index contributed by atoms with van der Waals surface area (Å²) in [5.41, 5.74) is 2.28. The highest BCUT2D eigenvalue weighted by atomic mass is 35.5. The van der Waals surface area contributed by atoms with Gasteiger partial charge in [-0.25, -0.2) is 0 Å². The van der Waals surface area contributed by atoms with Crippen LogP contribution in [0.3, 0.4) is 0 Å². The zero-order chi connectivity index (χ0) is 15.8. The minimum absolute atomic E-state index is 0.396. The van der Waals surface area contributed by atoms with Crippen molar-refractivity contribution in [2.45, 2.75) is 27.2 Å². The SMILES string of the molecule is CCOCCCNC(=O)C(=O)Nc1c(C)cc(C)cc1Cl. The van der Waals surface area contributed by atoms with E-state index in [1.807, 2.05) is 26.8 Å². The average Bonchev–Trinajstić information content (AvgIpc) is 2.42. The second-order valence-electron chi connectivity index (χ2n) is 4.70. The van der Waals surface area contributed by atoms with Crippen LogP contribution < -0.4 is 10.6 Å². The number of amides is 2. The van der Waals surface area contributed by atoms with E-state index in [2.05, 4.69) is 10.6 Å².